The molecule has 0 aromatic carbocycles. The minimum absolute atomic E-state index is 0.0453. The summed E-state index contributed by atoms with van der Waals surface area (Å²) >= 11 is 0. The molecule has 0 bridgehead atoms. The maximum atomic E-state index is 10.5. The van der Waals surface area contributed by atoms with Crippen LogP contribution in [0.2, 0.25) is 0 Å². The molecule has 0 aromatic rings. The van der Waals surface area contributed by atoms with E-state index >= 15 is 0 Å². The molecular weight excluding hydrogens is 154 g/mol. The highest BCUT2D eigenvalue weighted by atomic mass is 16.4. The summed E-state index contributed by atoms with van der Waals surface area (Å²) in [6, 6.07) is 0. The topological polar surface area (TPSA) is 49.3 Å². The second-order valence-corrected chi connectivity index (χ2v) is 3.86. The highest BCUT2D eigenvalue weighted by Gasteiger charge is 2.17. The molecule has 0 amide bonds. The van der Waals surface area contributed by atoms with Crippen LogP contribution in [0.1, 0.15) is 34.1 Å². The molecule has 72 valence electrons. The molecule has 0 aromatic heterocycles. The minimum atomic E-state index is -0.741. The monoisotopic (exact) mass is 173 g/mol. The van der Waals surface area contributed by atoms with Crippen molar-refractivity contribution >= 4 is 5.97 Å². The van der Waals surface area contributed by atoms with Gasteiger partial charge in [-0.25, -0.2) is 0 Å². The summed E-state index contributed by atoms with van der Waals surface area (Å²) in [5, 5.41) is 11.8. The van der Waals surface area contributed by atoms with Gasteiger partial charge >= 0.3 is 5.97 Å². The molecule has 3 heteroatoms. The zero-order chi connectivity index (χ0) is 9.78. The zero-order valence-electron chi connectivity index (χ0n) is 8.35. The third-order valence-electron chi connectivity index (χ3n) is 2.19. The first-order valence-electron chi connectivity index (χ1n) is 4.37. The van der Waals surface area contributed by atoms with Gasteiger partial charge in [0.15, 0.2) is 0 Å². The first-order chi connectivity index (χ1) is 5.39. The molecule has 0 rings (SSSR count). The Morgan fingerprint density at radius 2 is 2.08 bits per heavy atom. The number of rotatable bonds is 5. The van der Waals surface area contributed by atoms with Crippen molar-refractivity contribution in [3.63, 3.8) is 0 Å². The Labute approximate surface area is 74.2 Å². The van der Waals surface area contributed by atoms with Crippen LogP contribution in [-0.2, 0) is 4.79 Å². The Balaban J connectivity index is 3.75. The summed E-state index contributed by atoms with van der Waals surface area (Å²) in [6.45, 7) is 8.47. The number of carboxylic acid groups (broad SMARTS) is 1. The van der Waals surface area contributed by atoms with Crippen molar-refractivity contribution in [3.8, 4) is 0 Å². The Kier molecular flexibility index (Phi) is 4.24. The molecule has 0 aliphatic heterocycles. The quantitative estimate of drug-likeness (QED) is 0.662. The van der Waals surface area contributed by atoms with E-state index in [2.05, 4.69) is 26.1 Å². The fourth-order valence-corrected chi connectivity index (χ4v) is 0.642. The highest BCUT2D eigenvalue weighted by molar-refractivity contribution is 5.69. The largest absolute Gasteiger partial charge is 0.481 e. The van der Waals surface area contributed by atoms with Gasteiger partial charge in [0.1, 0.15) is 0 Å². The minimum Gasteiger partial charge on any atom is -0.481 e. The normalized spacial score (nSPS) is 14.3. The van der Waals surface area contributed by atoms with Gasteiger partial charge in [-0.05, 0) is 20.3 Å². The lowest BCUT2D eigenvalue weighted by Crippen LogP contribution is -2.42. The van der Waals surface area contributed by atoms with Gasteiger partial charge in [-0.3, -0.25) is 4.79 Å². The fraction of sp³-hybridized carbons (Fsp3) is 0.889. The Bertz CT molecular complexity index is 155. The standard InChI is InChI=1S/C9H19NO2/c1-5-9(3,4)10-6-7(2)8(11)12/h7,10H,5-6H2,1-4H3,(H,11,12). The van der Waals surface area contributed by atoms with Crippen molar-refractivity contribution in [2.75, 3.05) is 6.54 Å². The summed E-state index contributed by atoms with van der Waals surface area (Å²) < 4.78 is 0. The number of hydrogen-bond donors (Lipinski definition) is 2. The van der Waals surface area contributed by atoms with E-state index in [9.17, 15) is 4.79 Å². The molecule has 12 heavy (non-hydrogen) atoms. The Morgan fingerprint density at radius 1 is 1.58 bits per heavy atom. The zero-order valence-corrected chi connectivity index (χ0v) is 8.35. The smallest absolute Gasteiger partial charge is 0.307 e. The van der Waals surface area contributed by atoms with E-state index in [4.69, 9.17) is 5.11 Å². The number of carboxylic acids is 1. The lowest BCUT2D eigenvalue weighted by atomic mass is 10.0. The highest BCUT2D eigenvalue weighted by Crippen LogP contribution is 2.07. The number of hydrogen-bond acceptors (Lipinski definition) is 2. The maximum absolute atomic E-state index is 10.5. The molecule has 0 spiro atoms. The van der Waals surface area contributed by atoms with Crippen LogP contribution >= 0.6 is 0 Å². The average Bonchev–Trinajstić information content (AvgIpc) is 2.00. The molecule has 3 nitrogen and oxygen atoms in total. The third kappa shape index (κ3) is 4.34. The van der Waals surface area contributed by atoms with Gasteiger partial charge in [-0.15, -0.1) is 0 Å². The number of carbonyl (C=O) groups is 1. The second-order valence-electron chi connectivity index (χ2n) is 3.86. The fourth-order valence-electron chi connectivity index (χ4n) is 0.642. The molecule has 2 N–H and O–H groups in total. The van der Waals surface area contributed by atoms with Crippen LogP contribution in [0.4, 0.5) is 0 Å². The van der Waals surface area contributed by atoms with Gasteiger partial charge in [-0.2, -0.15) is 0 Å². The Morgan fingerprint density at radius 3 is 2.42 bits per heavy atom. The van der Waals surface area contributed by atoms with Crippen LogP contribution < -0.4 is 5.32 Å². The van der Waals surface area contributed by atoms with E-state index in [-0.39, 0.29) is 11.5 Å². The lowest BCUT2D eigenvalue weighted by Gasteiger charge is -2.25. The summed E-state index contributed by atoms with van der Waals surface area (Å²) in [7, 11) is 0. The van der Waals surface area contributed by atoms with E-state index in [1.54, 1.807) is 6.92 Å². The summed E-state index contributed by atoms with van der Waals surface area (Å²) in [4.78, 5) is 10.5. The van der Waals surface area contributed by atoms with Gasteiger partial charge in [0.05, 0.1) is 5.92 Å². The van der Waals surface area contributed by atoms with Crippen molar-refractivity contribution in [2.24, 2.45) is 5.92 Å². The molecule has 0 fully saturated rings. The molecule has 0 aliphatic carbocycles. The van der Waals surface area contributed by atoms with Crippen LogP contribution in [0.15, 0.2) is 0 Å². The van der Waals surface area contributed by atoms with Crippen LogP contribution in [-0.4, -0.2) is 23.2 Å². The van der Waals surface area contributed by atoms with Gasteiger partial charge in [0, 0.05) is 12.1 Å². The lowest BCUT2D eigenvalue weighted by molar-refractivity contribution is -0.141. The first kappa shape index (κ1) is 11.4. The van der Waals surface area contributed by atoms with Crippen molar-refractivity contribution < 1.29 is 9.90 Å². The summed E-state index contributed by atoms with van der Waals surface area (Å²) in [5.74, 6) is -1.05. The van der Waals surface area contributed by atoms with E-state index < -0.39 is 5.97 Å². The predicted molar refractivity (Wildman–Crippen MR) is 49.2 cm³/mol. The molecular formula is C9H19NO2. The van der Waals surface area contributed by atoms with Gasteiger partial charge < -0.3 is 10.4 Å². The van der Waals surface area contributed by atoms with Crippen molar-refractivity contribution in [2.45, 2.75) is 39.7 Å². The van der Waals surface area contributed by atoms with Gasteiger partial charge in [0.2, 0.25) is 0 Å². The van der Waals surface area contributed by atoms with Crippen LogP contribution in [0.3, 0.4) is 0 Å². The summed E-state index contributed by atoms with van der Waals surface area (Å²) in [6.07, 6.45) is 0.999. The van der Waals surface area contributed by atoms with Crippen molar-refractivity contribution in [1.82, 2.24) is 5.32 Å². The average molecular weight is 173 g/mol. The summed E-state index contributed by atoms with van der Waals surface area (Å²) in [5.41, 5.74) is 0.0453. The SMILES string of the molecule is CCC(C)(C)NCC(C)C(=O)O. The first-order valence-corrected chi connectivity index (χ1v) is 4.37. The van der Waals surface area contributed by atoms with Crippen LogP contribution in [0.5, 0.6) is 0 Å². The van der Waals surface area contributed by atoms with Crippen LogP contribution in [0.25, 0.3) is 0 Å². The van der Waals surface area contributed by atoms with E-state index in [0.29, 0.717) is 6.54 Å². The van der Waals surface area contributed by atoms with Gasteiger partial charge in [-0.1, -0.05) is 13.8 Å². The predicted octanol–water partition coefficient (Wildman–Crippen LogP) is 1.49. The third-order valence-corrected chi connectivity index (χ3v) is 2.19. The second kappa shape index (κ2) is 4.45. The van der Waals surface area contributed by atoms with Crippen molar-refractivity contribution in [3.05, 3.63) is 0 Å². The molecule has 0 saturated heterocycles. The van der Waals surface area contributed by atoms with Gasteiger partial charge in [0.25, 0.3) is 0 Å². The van der Waals surface area contributed by atoms with E-state index in [1.165, 1.54) is 0 Å². The molecule has 0 aliphatic rings. The van der Waals surface area contributed by atoms with E-state index in [1.807, 2.05) is 0 Å². The molecule has 0 radical (unpaired) electrons. The molecule has 0 heterocycles. The Hall–Kier alpha value is -0.570. The molecule has 1 atom stereocenters. The van der Waals surface area contributed by atoms with Crippen molar-refractivity contribution in [1.29, 1.82) is 0 Å². The number of nitrogens with one attached hydrogen (secondary N) is 1. The van der Waals surface area contributed by atoms with Crippen LogP contribution in [0, 0.1) is 5.92 Å². The van der Waals surface area contributed by atoms with E-state index in [0.717, 1.165) is 6.42 Å². The molecule has 0 saturated carbocycles. The molecule has 1 unspecified atom stereocenters. The maximum Gasteiger partial charge on any atom is 0.307 e. The number of aliphatic carboxylic acids is 1.